The van der Waals surface area contributed by atoms with Gasteiger partial charge in [0.25, 0.3) is 5.97 Å². The number of amides is 1. The van der Waals surface area contributed by atoms with Crippen LogP contribution in [0.3, 0.4) is 0 Å². The Labute approximate surface area is 125 Å². The van der Waals surface area contributed by atoms with Crippen molar-refractivity contribution in [2.75, 3.05) is 32.1 Å². The van der Waals surface area contributed by atoms with Gasteiger partial charge in [-0.25, -0.2) is 4.79 Å². The van der Waals surface area contributed by atoms with E-state index in [2.05, 4.69) is 5.32 Å². The molecular formula is C12H26NO7P. The highest BCUT2D eigenvalue weighted by Crippen LogP contribution is 2.51. The molecule has 3 N–H and O–H groups in total. The van der Waals surface area contributed by atoms with Gasteiger partial charge in [0.1, 0.15) is 0 Å². The van der Waals surface area contributed by atoms with E-state index in [1.807, 2.05) is 0 Å². The van der Waals surface area contributed by atoms with Gasteiger partial charge in [-0.05, 0) is 13.8 Å². The highest BCUT2D eigenvalue weighted by Gasteiger charge is 2.37. The summed E-state index contributed by atoms with van der Waals surface area (Å²) in [6, 6.07) is -0.874. The van der Waals surface area contributed by atoms with E-state index in [0.717, 1.165) is 0 Å². The van der Waals surface area contributed by atoms with Crippen LogP contribution in [0.1, 0.15) is 27.7 Å². The van der Waals surface area contributed by atoms with E-state index >= 15 is 0 Å². The highest BCUT2D eigenvalue weighted by molar-refractivity contribution is 7.59. The smallest absolute Gasteiger partial charge is 0.404 e. The molecule has 21 heavy (non-hydrogen) atoms. The van der Waals surface area contributed by atoms with Crippen LogP contribution < -0.4 is 5.32 Å². The molecule has 1 unspecified atom stereocenters. The Morgan fingerprint density at radius 1 is 1.29 bits per heavy atom. The number of ether oxygens (including phenoxy) is 2. The van der Waals surface area contributed by atoms with Crippen molar-refractivity contribution in [1.82, 2.24) is 5.32 Å². The Kier molecular flexibility index (Phi) is 9.08. The van der Waals surface area contributed by atoms with Gasteiger partial charge in [0.05, 0.1) is 12.6 Å². The molecule has 1 amide bonds. The summed E-state index contributed by atoms with van der Waals surface area (Å²) < 4.78 is 29.0. The summed E-state index contributed by atoms with van der Waals surface area (Å²) in [4.78, 5) is 10.6. The second-order valence-electron chi connectivity index (χ2n) is 4.46. The van der Waals surface area contributed by atoms with Gasteiger partial charge < -0.3 is 25.0 Å². The van der Waals surface area contributed by atoms with E-state index in [0.29, 0.717) is 13.2 Å². The lowest BCUT2D eigenvalue weighted by Crippen LogP contribution is -2.41. The lowest BCUT2D eigenvalue weighted by atomic mass is 10.4. The summed E-state index contributed by atoms with van der Waals surface area (Å²) in [5, 5.41) is 20.0. The molecule has 0 bridgehead atoms. The number of carbonyl (C=O) groups is 1. The Bertz CT molecular complexity index is 358. The van der Waals surface area contributed by atoms with Crippen LogP contribution in [0.25, 0.3) is 0 Å². The summed E-state index contributed by atoms with van der Waals surface area (Å²) in [5.74, 6) is -1.46. The third-order valence-electron chi connectivity index (χ3n) is 2.67. The average Bonchev–Trinajstić information content (AvgIpc) is 2.37. The highest BCUT2D eigenvalue weighted by atomic mass is 31.2. The van der Waals surface area contributed by atoms with Crippen molar-refractivity contribution < 1.29 is 33.6 Å². The van der Waals surface area contributed by atoms with Crippen molar-refractivity contribution in [1.29, 1.82) is 0 Å². The standard InChI is InChI=1S/C12H26NO7P/c1-5-18-12(4,19-6-2)20-21(17,7-3)9-10(8-14)13-11(15)16/h10,13-14H,5-9H2,1-4H3,(H,15,16)/t10-,21?/m1/s1. The van der Waals surface area contributed by atoms with Crippen LogP contribution in [0, 0.1) is 0 Å². The lowest BCUT2D eigenvalue weighted by molar-refractivity contribution is -0.328. The Hall–Kier alpha value is -0.660. The number of carboxylic acid groups (broad SMARTS) is 1. The number of hydrogen-bond acceptors (Lipinski definition) is 6. The summed E-state index contributed by atoms with van der Waals surface area (Å²) in [6.07, 6.45) is -1.27. The predicted molar refractivity (Wildman–Crippen MR) is 77.8 cm³/mol. The summed E-state index contributed by atoms with van der Waals surface area (Å²) >= 11 is 0. The maximum absolute atomic E-state index is 12.8. The first-order valence-corrected chi connectivity index (χ1v) is 8.90. The first-order valence-electron chi connectivity index (χ1n) is 6.91. The van der Waals surface area contributed by atoms with Crippen LogP contribution in [0.15, 0.2) is 0 Å². The zero-order valence-corrected chi connectivity index (χ0v) is 13.9. The predicted octanol–water partition coefficient (Wildman–Crippen LogP) is 1.68. The van der Waals surface area contributed by atoms with Crippen LogP contribution in [-0.4, -0.2) is 60.5 Å². The molecule has 0 aliphatic rings. The van der Waals surface area contributed by atoms with Crippen LogP contribution in [0.2, 0.25) is 0 Å². The second-order valence-corrected chi connectivity index (χ2v) is 7.27. The van der Waals surface area contributed by atoms with Gasteiger partial charge in [-0.3, -0.25) is 9.09 Å². The molecular weight excluding hydrogens is 301 g/mol. The third kappa shape index (κ3) is 7.78. The van der Waals surface area contributed by atoms with E-state index in [-0.39, 0.29) is 12.3 Å². The third-order valence-corrected chi connectivity index (χ3v) is 5.30. The van der Waals surface area contributed by atoms with Gasteiger partial charge in [0.2, 0.25) is 7.37 Å². The Balaban J connectivity index is 4.98. The van der Waals surface area contributed by atoms with E-state index in [1.54, 1.807) is 20.8 Å². The molecule has 9 heteroatoms. The van der Waals surface area contributed by atoms with Crippen molar-refractivity contribution in [2.45, 2.75) is 39.7 Å². The fourth-order valence-corrected chi connectivity index (χ4v) is 3.86. The molecule has 0 radical (unpaired) electrons. The maximum atomic E-state index is 12.8. The minimum atomic E-state index is -3.25. The number of nitrogens with one attached hydrogen (secondary N) is 1. The van der Waals surface area contributed by atoms with Gasteiger partial charge in [0, 0.05) is 32.5 Å². The molecule has 0 aliphatic carbocycles. The first-order chi connectivity index (χ1) is 9.74. The topological polar surface area (TPSA) is 114 Å². The molecule has 2 atom stereocenters. The molecule has 0 saturated carbocycles. The van der Waals surface area contributed by atoms with Crippen molar-refractivity contribution in [3.05, 3.63) is 0 Å². The number of rotatable bonds is 11. The number of aliphatic hydroxyl groups excluding tert-OH is 1. The van der Waals surface area contributed by atoms with E-state index in [4.69, 9.17) is 19.1 Å². The Morgan fingerprint density at radius 3 is 2.14 bits per heavy atom. The molecule has 0 aromatic heterocycles. The van der Waals surface area contributed by atoms with E-state index in [1.165, 1.54) is 6.92 Å². The molecule has 0 heterocycles. The molecule has 0 rings (SSSR count). The quantitative estimate of drug-likeness (QED) is 0.390. The van der Waals surface area contributed by atoms with Gasteiger partial charge in [-0.2, -0.15) is 0 Å². The molecule has 0 aromatic carbocycles. The molecule has 0 saturated heterocycles. The molecule has 0 fully saturated rings. The lowest BCUT2D eigenvalue weighted by Gasteiger charge is -2.33. The minimum Gasteiger partial charge on any atom is -0.465 e. The Morgan fingerprint density at radius 2 is 1.81 bits per heavy atom. The van der Waals surface area contributed by atoms with Crippen molar-refractivity contribution in [3.8, 4) is 0 Å². The SMILES string of the molecule is CCOC(C)(OCC)OP(=O)(CC)C[C@@H](CO)NC(=O)O. The van der Waals surface area contributed by atoms with Crippen molar-refractivity contribution in [3.63, 3.8) is 0 Å². The zero-order valence-electron chi connectivity index (χ0n) is 13.0. The van der Waals surface area contributed by atoms with Gasteiger partial charge in [-0.15, -0.1) is 0 Å². The summed E-state index contributed by atoms with van der Waals surface area (Å²) in [6.45, 7) is 6.81. The molecule has 0 spiro atoms. The van der Waals surface area contributed by atoms with E-state index < -0.39 is 32.1 Å². The molecule has 126 valence electrons. The zero-order chi connectivity index (χ0) is 16.5. The minimum absolute atomic E-state index is 0.137. The van der Waals surface area contributed by atoms with Crippen molar-refractivity contribution >= 4 is 13.5 Å². The van der Waals surface area contributed by atoms with Gasteiger partial charge in [0.15, 0.2) is 0 Å². The molecule has 0 aliphatic heterocycles. The van der Waals surface area contributed by atoms with Crippen LogP contribution in [-0.2, 0) is 18.6 Å². The second kappa shape index (κ2) is 9.38. The summed E-state index contributed by atoms with van der Waals surface area (Å²) in [7, 11) is -3.25. The molecule has 8 nitrogen and oxygen atoms in total. The summed E-state index contributed by atoms with van der Waals surface area (Å²) in [5.41, 5.74) is 0. The fourth-order valence-electron chi connectivity index (χ4n) is 1.81. The number of aliphatic hydroxyl groups is 1. The van der Waals surface area contributed by atoms with Gasteiger partial charge >= 0.3 is 6.09 Å². The van der Waals surface area contributed by atoms with Crippen molar-refractivity contribution in [2.24, 2.45) is 0 Å². The monoisotopic (exact) mass is 327 g/mol. The molecule has 0 aromatic rings. The van der Waals surface area contributed by atoms with Crippen LogP contribution in [0.5, 0.6) is 0 Å². The maximum Gasteiger partial charge on any atom is 0.404 e. The van der Waals surface area contributed by atoms with Crippen LogP contribution >= 0.6 is 7.37 Å². The fraction of sp³-hybridized carbons (Fsp3) is 0.917. The normalized spacial score (nSPS) is 16.2. The van der Waals surface area contributed by atoms with Gasteiger partial charge in [-0.1, -0.05) is 6.92 Å². The van der Waals surface area contributed by atoms with E-state index in [9.17, 15) is 14.5 Å². The first kappa shape index (κ1) is 20.3. The number of hydrogen-bond donors (Lipinski definition) is 3. The van der Waals surface area contributed by atoms with Crippen LogP contribution in [0.4, 0.5) is 4.79 Å². The largest absolute Gasteiger partial charge is 0.465 e. The average molecular weight is 327 g/mol.